The SMILES string of the molecule is C=C/C=C(\N)c1ccccc1. The number of nitrogens with two attached hydrogens (primary N) is 1. The molecule has 0 amide bonds. The summed E-state index contributed by atoms with van der Waals surface area (Å²) in [5.74, 6) is 0. The van der Waals surface area contributed by atoms with E-state index in [0.717, 1.165) is 11.3 Å². The molecule has 1 rings (SSSR count). The van der Waals surface area contributed by atoms with E-state index in [9.17, 15) is 0 Å². The highest BCUT2D eigenvalue weighted by Crippen LogP contribution is 2.06. The maximum atomic E-state index is 5.70. The lowest BCUT2D eigenvalue weighted by Crippen LogP contribution is -1.94. The van der Waals surface area contributed by atoms with E-state index in [1.54, 1.807) is 12.2 Å². The first-order chi connectivity index (χ1) is 5.34. The monoisotopic (exact) mass is 145 g/mol. The molecular formula is C10H11N. The molecule has 56 valence electrons. The van der Waals surface area contributed by atoms with Crippen molar-refractivity contribution in [3.8, 4) is 0 Å². The minimum atomic E-state index is 0.751. The quantitative estimate of drug-likeness (QED) is 0.634. The zero-order valence-corrected chi connectivity index (χ0v) is 6.33. The Bertz CT molecular complexity index is 259. The Morgan fingerprint density at radius 3 is 2.45 bits per heavy atom. The van der Waals surface area contributed by atoms with E-state index >= 15 is 0 Å². The largest absolute Gasteiger partial charge is 0.398 e. The number of hydrogen-bond donors (Lipinski definition) is 1. The highest BCUT2D eigenvalue weighted by molar-refractivity contribution is 5.63. The molecule has 11 heavy (non-hydrogen) atoms. The van der Waals surface area contributed by atoms with Crippen molar-refractivity contribution in [1.82, 2.24) is 0 Å². The molecule has 2 N–H and O–H groups in total. The van der Waals surface area contributed by atoms with Gasteiger partial charge in [0.05, 0.1) is 0 Å². The van der Waals surface area contributed by atoms with Gasteiger partial charge in [-0.3, -0.25) is 0 Å². The van der Waals surface area contributed by atoms with Gasteiger partial charge in [-0.15, -0.1) is 0 Å². The van der Waals surface area contributed by atoms with E-state index in [1.807, 2.05) is 30.3 Å². The molecule has 0 saturated carbocycles. The Kier molecular flexibility index (Phi) is 2.50. The molecule has 1 aromatic carbocycles. The molecule has 0 saturated heterocycles. The van der Waals surface area contributed by atoms with E-state index in [2.05, 4.69) is 6.58 Å². The first-order valence-electron chi connectivity index (χ1n) is 3.48. The van der Waals surface area contributed by atoms with Gasteiger partial charge >= 0.3 is 0 Å². The zero-order valence-electron chi connectivity index (χ0n) is 6.33. The van der Waals surface area contributed by atoms with Crippen molar-refractivity contribution in [2.75, 3.05) is 0 Å². The van der Waals surface area contributed by atoms with Crippen molar-refractivity contribution >= 4 is 5.70 Å². The van der Waals surface area contributed by atoms with E-state index in [1.165, 1.54) is 0 Å². The van der Waals surface area contributed by atoms with Crippen LogP contribution in [0.4, 0.5) is 0 Å². The molecule has 0 aliphatic carbocycles. The summed E-state index contributed by atoms with van der Waals surface area (Å²) in [6.07, 6.45) is 3.47. The van der Waals surface area contributed by atoms with E-state index < -0.39 is 0 Å². The fourth-order valence-corrected chi connectivity index (χ4v) is 0.854. The molecule has 1 aromatic rings. The standard InChI is InChI=1S/C10H11N/c1-2-6-10(11)9-7-4-3-5-8-9/h2-8H,1,11H2/b10-6-. The van der Waals surface area contributed by atoms with Crippen LogP contribution in [0, 0.1) is 0 Å². The molecule has 0 radical (unpaired) electrons. The maximum absolute atomic E-state index is 5.70. The Labute approximate surface area is 66.9 Å². The minimum absolute atomic E-state index is 0.751. The number of hydrogen-bond acceptors (Lipinski definition) is 1. The van der Waals surface area contributed by atoms with E-state index in [4.69, 9.17) is 5.73 Å². The average molecular weight is 145 g/mol. The van der Waals surface area contributed by atoms with Gasteiger partial charge in [0.15, 0.2) is 0 Å². The fourth-order valence-electron chi connectivity index (χ4n) is 0.854. The van der Waals surface area contributed by atoms with Crippen molar-refractivity contribution in [1.29, 1.82) is 0 Å². The van der Waals surface area contributed by atoms with Crippen molar-refractivity contribution in [3.05, 3.63) is 54.6 Å². The predicted octanol–water partition coefficient (Wildman–Crippen LogP) is 2.17. The first-order valence-corrected chi connectivity index (χ1v) is 3.48. The second kappa shape index (κ2) is 3.62. The summed E-state index contributed by atoms with van der Waals surface area (Å²) in [4.78, 5) is 0. The van der Waals surface area contributed by atoms with Gasteiger partial charge in [-0.05, 0) is 11.6 Å². The van der Waals surface area contributed by atoms with Gasteiger partial charge in [-0.1, -0.05) is 43.0 Å². The Morgan fingerprint density at radius 1 is 1.27 bits per heavy atom. The topological polar surface area (TPSA) is 26.0 Å². The van der Waals surface area contributed by atoms with Gasteiger partial charge in [0.1, 0.15) is 0 Å². The molecule has 0 fully saturated rings. The summed E-state index contributed by atoms with van der Waals surface area (Å²) in [5, 5.41) is 0. The number of rotatable bonds is 2. The zero-order chi connectivity index (χ0) is 8.10. The molecule has 0 aliphatic heterocycles. The average Bonchev–Trinajstić information content (AvgIpc) is 2.07. The highest BCUT2D eigenvalue weighted by Gasteiger charge is 1.90. The first kappa shape index (κ1) is 7.61. The molecule has 0 bridgehead atoms. The molecule has 0 spiro atoms. The summed E-state index contributed by atoms with van der Waals surface area (Å²) in [7, 11) is 0. The summed E-state index contributed by atoms with van der Waals surface area (Å²) in [6.45, 7) is 3.57. The van der Waals surface area contributed by atoms with Crippen molar-refractivity contribution in [2.24, 2.45) is 5.73 Å². The lowest BCUT2D eigenvalue weighted by atomic mass is 10.1. The molecule has 0 aromatic heterocycles. The summed E-state index contributed by atoms with van der Waals surface area (Å²) in [5.41, 5.74) is 7.48. The van der Waals surface area contributed by atoms with Crippen LogP contribution < -0.4 is 5.73 Å². The van der Waals surface area contributed by atoms with Crippen molar-refractivity contribution < 1.29 is 0 Å². The van der Waals surface area contributed by atoms with Crippen LogP contribution in [-0.2, 0) is 0 Å². The second-order valence-electron chi connectivity index (χ2n) is 2.22. The predicted molar refractivity (Wildman–Crippen MR) is 48.8 cm³/mol. The van der Waals surface area contributed by atoms with Gasteiger partial charge < -0.3 is 5.73 Å². The lowest BCUT2D eigenvalue weighted by molar-refractivity contribution is 1.52. The van der Waals surface area contributed by atoms with Gasteiger partial charge in [-0.2, -0.15) is 0 Å². The Balaban J connectivity index is 2.94. The molecule has 1 heteroatoms. The van der Waals surface area contributed by atoms with Crippen LogP contribution in [0.1, 0.15) is 5.56 Å². The van der Waals surface area contributed by atoms with Crippen LogP contribution in [0.15, 0.2) is 49.1 Å². The van der Waals surface area contributed by atoms with Crippen molar-refractivity contribution in [3.63, 3.8) is 0 Å². The third-order valence-electron chi connectivity index (χ3n) is 1.40. The maximum Gasteiger partial charge on any atom is 0.0387 e. The van der Waals surface area contributed by atoms with Crippen LogP contribution in [0.5, 0.6) is 0 Å². The van der Waals surface area contributed by atoms with Crippen molar-refractivity contribution in [2.45, 2.75) is 0 Å². The molecular weight excluding hydrogens is 134 g/mol. The minimum Gasteiger partial charge on any atom is -0.398 e. The van der Waals surface area contributed by atoms with Crippen LogP contribution in [0.25, 0.3) is 5.70 Å². The Hall–Kier alpha value is -1.50. The van der Waals surface area contributed by atoms with Crippen LogP contribution in [0.3, 0.4) is 0 Å². The number of allylic oxidation sites excluding steroid dienone is 2. The van der Waals surface area contributed by atoms with Crippen LogP contribution >= 0.6 is 0 Å². The summed E-state index contributed by atoms with van der Waals surface area (Å²) < 4.78 is 0. The van der Waals surface area contributed by atoms with Gasteiger partial charge in [0.25, 0.3) is 0 Å². The smallest absolute Gasteiger partial charge is 0.0387 e. The van der Waals surface area contributed by atoms with Gasteiger partial charge in [0.2, 0.25) is 0 Å². The molecule has 0 atom stereocenters. The molecule has 0 aliphatic rings. The second-order valence-corrected chi connectivity index (χ2v) is 2.22. The Morgan fingerprint density at radius 2 is 1.91 bits per heavy atom. The van der Waals surface area contributed by atoms with Gasteiger partial charge in [-0.25, -0.2) is 0 Å². The third kappa shape index (κ3) is 1.97. The van der Waals surface area contributed by atoms with E-state index in [-0.39, 0.29) is 0 Å². The van der Waals surface area contributed by atoms with Crippen LogP contribution in [0.2, 0.25) is 0 Å². The molecule has 0 unspecified atom stereocenters. The summed E-state index contributed by atoms with van der Waals surface area (Å²) in [6, 6.07) is 9.81. The summed E-state index contributed by atoms with van der Waals surface area (Å²) >= 11 is 0. The molecule has 0 heterocycles. The fraction of sp³-hybridized carbons (Fsp3) is 0. The van der Waals surface area contributed by atoms with Crippen LogP contribution in [-0.4, -0.2) is 0 Å². The van der Waals surface area contributed by atoms with Gasteiger partial charge in [0, 0.05) is 5.70 Å². The number of benzene rings is 1. The third-order valence-corrected chi connectivity index (χ3v) is 1.40. The van der Waals surface area contributed by atoms with E-state index in [0.29, 0.717) is 0 Å². The lowest BCUT2D eigenvalue weighted by Gasteiger charge is -1.97. The molecule has 1 nitrogen and oxygen atoms in total. The normalized spacial score (nSPS) is 11.1. The highest BCUT2D eigenvalue weighted by atomic mass is 14.6.